The molecule has 1 amide bonds. The summed E-state index contributed by atoms with van der Waals surface area (Å²) in [6.07, 6.45) is 3.94. The van der Waals surface area contributed by atoms with E-state index in [1.165, 1.54) is 18.1 Å². The molecule has 2 saturated heterocycles. The molecule has 2 heterocycles. The number of nitrogens with zero attached hydrogens (tertiary/aromatic N) is 1. The molecular formula is C23H26ClFN2O2. The number of hydrogen-bond acceptors (Lipinski definition) is 3. The molecule has 2 aliphatic heterocycles. The van der Waals surface area contributed by atoms with E-state index in [2.05, 4.69) is 16.3 Å². The lowest BCUT2D eigenvalue weighted by atomic mass is 9.74. The molecule has 1 unspecified atom stereocenters. The Morgan fingerprint density at radius 3 is 2.86 bits per heavy atom. The van der Waals surface area contributed by atoms with Gasteiger partial charge in [0.25, 0.3) is 0 Å². The van der Waals surface area contributed by atoms with E-state index in [1.54, 1.807) is 12.1 Å². The molecule has 154 valence electrons. The van der Waals surface area contributed by atoms with Crippen LogP contribution in [0.2, 0.25) is 5.02 Å². The summed E-state index contributed by atoms with van der Waals surface area (Å²) >= 11 is 6.08. The molecule has 29 heavy (non-hydrogen) atoms. The molecule has 4 nitrogen and oxygen atoms in total. The second kappa shape index (κ2) is 8.72. The lowest BCUT2D eigenvalue weighted by Gasteiger charge is -2.45. The third-order valence-corrected chi connectivity index (χ3v) is 6.39. The monoisotopic (exact) mass is 416 g/mol. The Hall–Kier alpha value is -2.11. The van der Waals surface area contributed by atoms with Crippen molar-refractivity contribution < 1.29 is 13.9 Å². The van der Waals surface area contributed by atoms with Gasteiger partial charge in [-0.1, -0.05) is 29.8 Å². The molecule has 0 radical (unpaired) electrons. The van der Waals surface area contributed by atoms with Crippen LogP contribution in [0.1, 0.15) is 36.8 Å². The van der Waals surface area contributed by atoms with Crippen LogP contribution in [-0.4, -0.2) is 30.4 Å². The van der Waals surface area contributed by atoms with Gasteiger partial charge in [0.05, 0.1) is 5.02 Å². The minimum absolute atomic E-state index is 0.0987. The number of nitrogens with one attached hydrogen (secondary N) is 1. The van der Waals surface area contributed by atoms with Crippen molar-refractivity contribution in [3.05, 3.63) is 64.4 Å². The van der Waals surface area contributed by atoms with Crippen LogP contribution in [0.3, 0.4) is 0 Å². The summed E-state index contributed by atoms with van der Waals surface area (Å²) in [5.74, 6) is 0.526. The zero-order valence-corrected chi connectivity index (χ0v) is 17.2. The van der Waals surface area contributed by atoms with Crippen LogP contribution < -0.4 is 10.1 Å². The Morgan fingerprint density at radius 1 is 1.21 bits per heavy atom. The van der Waals surface area contributed by atoms with E-state index in [0.29, 0.717) is 22.8 Å². The number of ether oxygens (including phenoxy) is 1. The average molecular weight is 417 g/mol. The third kappa shape index (κ3) is 4.90. The van der Waals surface area contributed by atoms with Gasteiger partial charge in [-0.15, -0.1) is 0 Å². The summed E-state index contributed by atoms with van der Waals surface area (Å²) in [4.78, 5) is 14.0. The zero-order chi connectivity index (χ0) is 20.3. The highest BCUT2D eigenvalue weighted by Gasteiger charge is 2.38. The van der Waals surface area contributed by atoms with Gasteiger partial charge < -0.3 is 10.1 Å². The summed E-state index contributed by atoms with van der Waals surface area (Å²) in [6, 6.07) is 12.6. The first-order valence-corrected chi connectivity index (χ1v) is 10.5. The number of benzene rings is 2. The fourth-order valence-electron chi connectivity index (χ4n) is 4.45. The maximum Gasteiger partial charge on any atom is 0.220 e. The Bertz CT molecular complexity index is 859. The first-order chi connectivity index (χ1) is 14.0. The van der Waals surface area contributed by atoms with E-state index in [0.717, 1.165) is 39.0 Å². The summed E-state index contributed by atoms with van der Waals surface area (Å²) < 4.78 is 19.8. The van der Waals surface area contributed by atoms with E-state index in [1.807, 2.05) is 18.2 Å². The van der Waals surface area contributed by atoms with Gasteiger partial charge in [-0.25, -0.2) is 4.39 Å². The van der Waals surface area contributed by atoms with E-state index >= 15 is 0 Å². The standard InChI is InChI=1S/C23H26ClFN2O2/c24-20-6-2-7-21(25)19(20)14-29-18-5-1-4-17(12-18)13-27-11-3-9-23(16-27)10-8-22(28)26-15-23/h1-2,4-7,12H,3,8-11,13-16H2,(H,26,28). The van der Waals surface area contributed by atoms with Crippen LogP contribution in [0.25, 0.3) is 0 Å². The van der Waals surface area contributed by atoms with E-state index in [-0.39, 0.29) is 23.7 Å². The van der Waals surface area contributed by atoms with Crippen molar-refractivity contribution in [3.63, 3.8) is 0 Å². The third-order valence-electron chi connectivity index (χ3n) is 6.03. The van der Waals surface area contributed by atoms with Gasteiger partial charge in [0.15, 0.2) is 0 Å². The zero-order valence-electron chi connectivity index (χ0n) is 16.4. The minimum Gasteiger partial charge on any atom is -0.489 e. The molecule has 4 rings (SSSR count). The normalized spacial score (nSPS) is 22.5. The quantitative estimate of drug-likeness (QED) is 0.777. The van der Waals surface area contributed by atoms with Crippen LogP contribution in [0.15, 0.2) is 42.5 Å². The van der Waals surface area contributed by atoms with Crippen LogP contribution in [0, 0.1) is 11.2 Å². The average Bonchev–Trinajstić information content (AvgIpc) is 2.71. The van der Waals surface area contributed by atoms with Crippen molar-refractivity contribution in [1.82, 2.24) is 10.2 Å². The maximum absolute atomic E-state index is 13.9. The number of rotatable bonds is 5. The van der Waals surface area contributed by atoms with E-state index in [4.69, 9.17) is 16.3 Å². The van der Waals surface area contributed by atoms with Gasteiger partial charge in [0, 0.05) is 37.0 Å². The molecule has 0 bridgehead atoms. The van der Waals surface area contributed by atoms with Crippen molar-refractivity contribution in [2.45, 2.75) is 38.8 Å². The fraction of sp³-hybridized carbons (Fsp3) is 0.435. The van der Waals surface area contributed by atoms with Crippen LogP contribution >= 0.6 is 11.6 Å². The van der Waals surface area contributed by atoms with Gasteiger partial charge in [-0.3, -0.25) is 9.69 Å². The largest absolute Gasteiger partial charge is 0.489 e. The predicted octanol–water partition coefficient (Wildman–Crippen LogP) is 4.55. The van der Waals surface area contributed by atoms with Crippen molar-refractivity contribution >= 4 is 17.5 Å². The Balaban J connectivity index is 1.38. The summed E-state index contributed by atoms with van der Waals surface area (Å²) in [5, 5.41) is 3.42. The maximum atomic E-state index is 13.9. The van der Waals surface area contributed by atoms with Crippen molar-refractivity contribution in [2.24, 2.45) is 5.41 Å². The molecule has 2 fully saturated rings. The SMILES string of the molecule is O=C1CCC2(CCCN(Cc3cccc(OCc4c(F)cccc4Cl)c3)C2)CN1. The molecule has 1 atom stereocenters. The topological polar surface area (TPSA) is 41.6 Å². The van der Waals surface area contributed by atoms with Gasteiger partial charge in [0.2, 0.25) is 5.91 Å². The Kier molecular flexibility index (Phi) is 6.07. The lowest BCUT2D eigenvalue weighted by Crippen LogP contribution is -2.52. The number of carbonyl (C=O) groups is 1. The summed E-state index contributed by atoms with van der Waals surface area (Å²) in [6.45, 7) is 3.79. The number of piperidine rings is 2. The molecule has 1 N–H and O–H groups in total. The van der Waals surface area contributed by atoms with Crippen LogP contribution in [0.5, 0.6) is 5.75 Å². The second-order valence-electron chi connectivity index (χ2n) is 8.23. The molecule has 6 heteroatoms. The predicted molar refractivity (Wildman–Crippen MR) is 111 cm³/mol. The highest BCUT2D eigenvalue weighted by atomic mass is 35.5. The Labute approximate surface area is 176 Å². The van der Waals surface area contributed by atoms with Gasteiger partial charge >= 0.3 is 0 Å². The molecule has 2 aliphatic rings. The highest BCUT2D eigenvalue weighted by Crippen LogP contribution is 2.36. The summed E-state index contributed by atoms with van der Waals surface area (Å²) in [7, 11) is 0. The number of likely N-dealkylation sites (tertiary alicyclic amines) is 1. The molecule has 1 spiro atoms. The van der Waals surface area contributed by atoms with E-state index < -0.39 is 0 Å². The minimum atomic E-state index is -0.355. The number of hydrogen-bond donors (Lipinski definition) is 1. The summed E-state index contributed by atoms with van der Waals surface area (Å²) in [5.41, 5.74) is 1.75. The van der Waals surface area contributed by atoms with Crippen molar-refractivity contribution in [1.29, 1.82) is 0 Å². The van der Waals surface area contributed by atoms with E-state index in [9.17, 15) is 9.18 Å². The lowest BCUT2D eigenvalue weighted by molar-refractivity contribution is -0.125. The van der Waals surface area contributed by atoms with Crippen molar-refractivity contribution in [3.8, 4) is 5.75 Å². The molecular weight excluding hydrogens is 391 g/mol. The van der Waals surface area contributed by atoms with Crippen molar-refractivity contribution in [2.75, 3.05) is 19.6 Å². The highest BCUT2D eigenvalue weighted by molar-refractivity contribution is 6.31. The first-order valence-electron chi connectivity index (χ1n) is 10.2. The van der Waals surface area contributed by atoms with Crippen LogP contribution in [0.4, 0.5) is 4.39 Å². The van der Waals surface area contributed by atoms with Gasteiger partial charge in [-0.2, -0.15) is 0 Å². The fourth-order valence-corrected chi connectivity index (χ4v) is 4.67. The number of carbonyl (C=O) groups excluding carboxylic acids is 1. The van der Waals surface area contributed by atoms with Crippen LogP contribution in [-0.2, 0) is 17.9 Å². The second-order valence-corrected chi connectivity index (χ2v) is 8.63. The molecule has 2 aromatic carbocycles. The number of amides is 1. The molecule has 0 saturated carbocycles. The van der Waals surface area contributed by atoms with Gasteiger partial charge in [0.1, 0.15) is 18.2 Å². The first kappa shape index (κ1) is 20.2. The molecule has 0 aliphatic carbocycles. The number of halogens is 2. The smallest absolute Gasteiger partial charge is 0.220 e. The Morgan fingerprint density at radius 2 is 2.07 bits per heavy atom. The molecule has 2 aromatic rings. The molecule has 0 aromatic heterocycles. The van der Waals surface area contributed by atoms with Gasteiger partial charge in [-0.05, 0) is 55.6 Å².